The zero-order valence-electron chi connectivity index (χ0n) is 7.76. The molecule has 3 nitrogen and oxygen atoms in total. The van der Waals surface area contributed by atoms with Gasteiger partial charge in [-0.3, -0.25) is 5.32 Å². The van der Waals surface area contributed by atoms with Crippen molar-refractivity contribution < 1.29 is 0 Å². The molecule has 70 valence electrons. The molecule has 12 heavy (non-hydrogen) atoms. The van der Waals surface area contributed by atoms with Crippen molar-refractivity contribution in [2.75, 3.05) is 4.55 Å². The molecule has 0 rings (SSSR count). The van der Waals surface area contributed by atoms with Crippen molar-refractivity contribution in [1.82, 2.24) is 10.6 Å². The molecule has 0 saturated carbocycles. The SMILES string of the molecule is CC(C)NC(C#N)C(C)NCI. The fraction of sp³-hybridized carbons (Fsp3) is 0.875. The highest BCUT2D eigenvalue weighted by Gasteiger charge is 2.15. The second kappa shape index (κ2) is 6.63. The van der Waals surface area contributed by atoms with E-state index in [1.165, 1.54) is 0 Å². The van der Waals surface area contributed by atoms with E-state index >= 15 is 0 Å². The molecular formula is C8H16IN3. The molecule has 0 aliphatic rings. The van der Waals surface area contributed by atoms with Gasteiger partial charge in [0.15, 0.2) is 0 Å². The summed E-state index contributed by atoms with van der Waals surface area (Å²) in [6.07, 6.45) is 0. The maximum absolute atomic E-state index is 8.82. The molecule has 0 aromatic heterocycles. The van der Waals surface area contributed by atoms with Crippen LogP contribution in [0.5, 0.6) is 0 Å². The van der Waals surface area contributed by atoms with Crippen LogP contribution < -0.4 is 10.6 Å². The average Bonchev–Trinajstić information content (AvgIpc) is 2.00. The van der Waals surface area contributed by atoms with Crippen molar-refractivity contribution in [2.24, 2.45) is 0 Å². The predicted octanol–water partition coefficient (Wildman–Crippen LogP) is 1.25. The summed E-state index contributed by atoms with van der Waals surface area (Å²) in [5, 5.41) is 15.2. The molecule has 4 heteroatoms. The van der Waals surface area contributed by atoms with Crippen LogP contribution in [0.2, 0.25) is 0 Å². The van der Waals surface area contributed by atoms with Crippen LogP contribution in [-0.2, 0) is 0 Å². The summed E-state index contributed by atoms with van der Waals surface area (Å²) in [5.41, 5.74) is 0. The molecule has 0 saturated heterocycles. The van der Waals surface area contributed by atoms with Gasteiger partial charge in [0.05, 0.1) is 6.07 Å². The van der Waals surface area contributed by atoms with E-state index in [1.54, 1.807) is 0 Å². The van der Waals surface area contributed by atoms with Crippen LogP contribution in [0.1, 0.15) is 20.8 Å². The van der Waals surface area contributed by atoms with Crippen molar-refractivity contribution in [1.29, 1.82) is 5.26 Å². The summed E-state index contributed by atoms with van der Waals surface area (Å²) < 4.78 is 0.872. The van der Waals surface area contributed by atoms with Crippen molar-refractivity contribution in [2.45, 2.75) is 38.9 Å². The third kappa shape index (κ3) is 4.91. The van der Waals surface area contributed by atoms with E-state index in [1.807, 2.05) is 20.8 Å². The molecular weight excluding hydrogens is 265 g/mol. The van der Waals surface area contributed by atoms with Crippen LogP contribution in [0.3, 0.4) is 0 Å². The van der Waals surface area contributed by atoms with E-state index in [4.69, 9.17) is 5.26 Å². The number of hydrogen-bond acceptors (Lipinski definition) is 3. The Labute approximate surface area is 88.0 Å². The molecule has 0 aromatic carbocycles. The third-order valence-electron chi connectivity index (χ3n) is 1.55. The topological polar surface area (TPSA) is 47.9 Å². The number of halogens is 1. The van der Waals surface area contributed by atoms with Gasteiger partial charge < -0.3 is 5.32 Å². The molecule has 0 radical (unpaired) electrons. The largest absolute Gasteiger partial charge is 0.303 e. The maximum Gasteiger partial charge on any atom is 0.111 e. The van der Waals surface area contributed by atoms with Gasteiger partial charge in [-0.2, -0.15) is 5.26 Å². The molecule has 0 aromatic rings. The minimum atomic E-state index is -0.0974. The lowest BCUT2D eigenvalue weighted by Crippen LogP contribution is -2.47. The van der Waals surface area contributed by atoms with Gasteiger partial charge in [-0.05, 0) is 20.8 Å². The fourth-order valence-electron chi connectivity index (χ4n) is 0.892. The molecule has 0 spiro atoms. The standard InChI is InChI=1S/C8H16IN3/c1-6(2)12-8(4-10)7(3)11-5-9/h6-8,11-12H,5H2,1-3H3. The number of rotatable bonds is 5. The van der Waals surface area contributed by atoms with E-state index < -0.39 is 0 Å². The van der Waals surface area contributed by atoms with Crippen LogP contribution >= 0.6 is 22.6 Å². The Balaban J connectivity index is 3.89. The molecule has 0 amide bonds. The Morgan fingerprint density at radius 3 is 2.33 bits per heavy atom. The first-order chi connectivity index (χ1) is 5.61. The smallest absolute Gasteiger partial charge is 0.111 e. The zero-order valence-corrected chi connectivity index (χ0v) is 9.92. The molecule has 0 fully saturated rings. The summed E-state index contributed by atoms with van der Waals surface area (Å²) >= 11 is 2.24. The van der Waals surface area contributed by atoms with Crippen LogP contribution in [0, 0.1) is 11.3 Å². The van der Waals surface area contributed by atoms with Gasteiger partial charge in [-0.25, -0.2) is 0 Å². The highest BCUT2D eigenvalue weighted by Crippen LogP contribution is 1.94. The van der Waals surface area contributed by atoms with Gasteiger partial charge in [0.1, 0.15) is 6.04 Å². The normalized spacial score (nSPS) is 15.7. The summed E-state index contributed by atoms with van der Waals surface area (Å²) in [6, 6.07) is 2.70. The van der Waals surface area contributed by atoms with Crippen molar-refractivity contribution in [3.05, 3.63) is 0 Å². The molecule has 0 aliphatic carbocycles. The number of nitriles is 1. The lowest BCUT2D eigenvalue weighted by molar-refractivity contribution is 0.437. The monoisotopic (exact) mass is 281 g/mol. The first-order valence-electron chi connectivity index (χ1n) is 4.06. The lowest BCUT2D eigenvalue weighted by atomic mass is 10.1. The van der Waals surface area contributed by atoms with Gasteiger partial charge in [-0.1, -0.05) is 22.6 Å². The van der Waals surface area contributed by atoms with E-state index in [-0.39, 0.29) is 12.1 Å². The number of nitrogens with zero attached hydrogens (tertiary/aromatic N) is 1. The highest BCUT2D eigenvalue weighted by molar-refractivity contribution is 14.1. The second-order valence-electron chi connectivity index (χ2n) is 3.05. The molecule has 2 unspecified atom stereocenters. The van der Waals surface area contributed by atoms with Gasteiger partial charge in [0.25, 0.3) is 0 Å². The van der Waals surface area contributed by atoms with Crippen LogP contribution in [0.25, 0.3) is 0 Å². The number of nitrogens with one attached hydrogen (secondary N) is 2. The lowest BCUT2D eigenvalue weighted by Gasteiger charge is -2.21. The van der Waals surface area contributed by atoms with Crippen LogP contribution in [0.15, 0.2) is 0 Å². The summed E-state index contributed by atoms with van der Waals surface area (Å²) in [6.45, 7) is 6.10. The Hall–Kier alpha value is 0.140. The Morgan fingerprint density at radius 1 is 1.42 bits per heavy atom. The van der Waals surface area contributed by atoms with E-state index in [9.17, 15) is 0 Å². The third-order valence-corrected chi connectivity index (χ3v) is 1.99. The van der Waals surface area contributed by atoms with E-state index in [0.717, 1.165) is 4.55 Å². The van der Waals surface area contributed by atoms with Gasteiger partial charge in [-0.15, -0.1) is 0 Å². The first kappa shape index (κ1) is 12.1. The van der Waals surface area contributed by atoms with Gasteiger partial charge in [0.2, 0.25) is 0 Å². The average molecular weight is 281 g/mol. The maximum atomic E-state index is 8.82. The van der Waals surface area contributed by atoms with Crippen molar-refractivity contribution in [3.63, 3.8) is 0 Å². The number of hydrogen-bond donors (Lipinski definition) is 2. The molecule has 0 heterocycles. The van der Waals surface area contributed by atoms with Crippen LogP contribution in [0.4, 0.5) is 0 Å². The molecule has 0 aliphatic heterocycles. The minimum absolute atomic E-state index is 0.0974. The minimum Gasteiger partial charge on any atom is -0.303 e. The quantitative estimate of drug-likeness (QED) is 0.453. The van der Waals surface area contributed by atoms with E-state index in [2.05, 4.69) is 39.3 Å². The van der Waals surface area contributed by atoms with Gasteiger partial charge >= 0.3 is 0 Å². The van der Waals surface area contributed by atoms with Crippen molar-refractivity contribution >= 4 is 22.6 Å². The number of alkyl halides is 1. The zero-order chi connectivity index (χ0) is 9.56. The second-order valence-corrected chi connectivity index (χ2v) is 3.82. The summed E-state index contributed by atoms with van der Waals surface area (Å²) in [4.78, 5) is 0. The Morgan fingerprint density at radius 2 is 2.00 bits per heavy atom. The summed E-state index contributed by atoms with van der Waals surface area (Å²) in [7, 11) is 0. The Bertz CT molecular complexity index is 153. The Kier molecular flexibility index (Phi) is 6.71. The van der Waals surface area contributed by atoms with E-state index in [0.29, 0.717) is 6.04 Å². The van der Waals surface area contributed by atoms with Gasteiger partial charge in [0, 0.05) is 16.6 Å². The first-order valence-corrected chi connectivity index (χ1v) is 5.59. The molecule has 0 bridgehead atoms. The van der Waals surface area contributed by atoms with Crippen LogP contribution in [-0.4, -0.2) is 22.7 Å². The summed E-state index contributed by atoms with van der Waals surface area (Å²) in [5.74, 6) is 0. The molecule has 2 atom stereocenters. The van der Waals surface area contributed by atoms with Crippen molar-refractivity contribution in [3.8, 4) is 6.07 Å². The highest BCUT2D eigenvalue weighted by atomic mass is 127. The predicted molar refractivity (Wildman–Crippen MR) is 59.2 cm³/mol. The fourth-order valence-corrected chi connectivity index (χ4v) is 1.59. The molecule has 2 N–H and O–H groups in total.